The summed E-state index contributed by atoms with van der Waals surface area (Å²) in [5.74, 6) is -0.949. The number of nitrogens with two attached hydrogens (primary N) is 1. The Morgan fingerprint density at radius 1 is 1.14 bits per heavy atom. The minimum absolute atomic E-state index is 0.0487. The third kappa shape index (κ3) is 3.57. The van der Waals surface area contributed by atoms with E-state index in [0.29, 0.717) is 23.1 Å². The van der Waals surface area contributed by atoms with Gasteiger partial charge in [-0.2, -0.15) is 0 Å². The van der Waals surface area contributed by atoms with Gasteiger partial charge in [-0.25, -0.2) is 4.39 Å². The van der Waals surface area contributed by atoms with Crippen LogP contribution in [0.2, 0.25) is 0 Å². The van der Waals surface area contributed by atoms with Gasteiger partial charge in [-0.3, -0.25) is 9.59 Å². The second-order valence-electron chi connectivity index (χ2n) is 7.36. The molecule has 1 amide bonds. The van der Waals surface area contributed by atoms with Crippen molar-refractivity contribution in [2.45, 2.75) is 40.2 Å². The third-order valence-corrected chi connectivity index (χ3v) is 5.00. The lowest BCUT2D eigenvalue weighted by Gasteiger charge is -2.13. The Labute approximate surface area is 164 Å². The number of benzene rings is 2. The van der Waals surface area contributed by atoms with Crippen LogP contribution in [0, 0.1) is 11.7 Å². The summed E-state index contributed by atoms with van der Waals surface area (Å²) in [6, 6.07) is 11.7. The summed E-state index contributed by atoms with van der Waals surface area (Å²) < 4.78 is 16.3. The Morgan fingerprint density at radius 2 is 1.86 bits per heavy atom. The van der Waals surface area contributed by atoms with Crippen LogP contribution in [0.15, 0.2) is 42.5 Å². The normalized spacial score (nSPS) is 11.3. The van der Waals surface area contributed by atoms with Crippen molar-refractivity contribution in [1.82, 2.24) is 4.57 Å². The summed E-state index contributed by atoms with van der Waals surface area (Å²) in [4.78, 5) is 24.7. The summed E-state index contributed by atoms with van der Waals surface area (Å²) in [5, 5.41) is 0.781. The number of carbonyl (C=O) groups is 2. The molecule has 0 aliphatic heterocycles. The van der Waals surface area contributed by atoms with Gasteiger partial charge in [0, 0.05) is 33.7 Å². The van der Waals surface area contributed by atoms with E-state index in [9.17, 15) is 14.0 Å². The van der Waals surface area contributed by atoms with Crippen molar-refractivity contribution in [2.75, 3.05) is 0 Å². The third-order valence-electron chi connectivity index (χ3n) is 5.00. The Bertz CT molecular complexity index is 1050. The van der Waals surface area contributed by atoms with E-state index < -0.39 is 5.91 Å². The second-order valence-corrected chi connectivity index (χ2v) is 7.36. The van der Waals surface area contributed by atoms with Gasteiger partial charge in [0.15, 0.2) is 5.78 Å². The van der Waals surface area contributed by atoms with Crippen LogP contribution in [0.1, 0.15) is 59.2 Å². The number of fused-ring (bicyclic) bond motifs is 1. The Balaban J connectivity index is 2.33. The molecule has 0 radical (unpaired) electrons. The molecule has 4 nitrogen and oxygen atoms in total. The average molecular weight is 380 g/mol. The fourth-order valence-electron chi connectivity index (χ4n) is 3.59. The molecule has 146 valence electrons. The first-order valence-corrected chi connectivity index (χ1v) is 9.57. The SMILES string of the molecule is CCCc1c(C(=O)C(C)C)c2ccc(C(N)=O)cc2n1Cc1ccccc1F. The Morgan fingerprint density at radius 3 is 2.46 bits per heavy atom. The fraction of sp³-hybridized carbons (Fsp3) is 0.304. The van der Waals surface area contributed by atoms with Crippen LogP contribution in [0.3, 0.4) is 0 Å². The maximum absolute atomic E-state index is 14.3. The van der Waals surface area contributed by atoms with Crippen LogP contribution in [0.4, 0.5) is 4.39 Å². The first-order valence-electron chi connectivity index (χ1n) is 9.57. The van der Waals surface area contributed by atoms with Gasteiger partial charge < -0.3 is 10.3 Å². The average Bonchev–Trinajstić information content (AvgIpc) is 2.95. The van der Waals surface area contributed by atoms with Crippen molar-refractivity contribution in [1.29, 1.82) is 0 Å². The molecule has 2 N–H and O–H groups in total. The number of Topliss-reactive ketones (excluding diaryl/α,β-unsaturated/α-hetero) is 1. The number of hydrogen-bond donors (Lipinski definition) is 1. The molecular weight excluding hydrogens is 355 g/mol. The van der Waals surface area contributed by atoms with E-state index in [1.54, 1.807) is 36.4 Å². The lowest BCUT2D eigenvalue weighted by atomic mass is 9.96. The van der Waals surface area contributed by atoms with Gasteiger partial charge in [0.1, 0.15) is 5.82 Å². The number of ketones is 1. The van der Waals surface area contributed by atoms with Gasteiger partial charge in [-0.1, -0.05) is 51.5 Å². The summed E-state index contributed by atoms with van der Waals surface area (Å²) in [6.07, 6.45) is 1.53. The molecule has 0 fully saturated rings. The number of rotatable bonds is 7. The van der Waals surface area contributed by atoms with Crippen molar-refractivity contribution in [3.05, 3.63) is 70.7 Å². The van der Waals surface area contributed by atoms with Gasteiger partial charge >= 0.3 is 0 Å². The van der Waals surface area contributed by atoms with Crippen LogP contribution in [-0.2, 0) is 13.0 Å². The van der Waals surface area contributed by atoms with Crippen LogP contribution >= 0.6 is 0 Å². The quantitative estimate of drug-likeness (QED) is 0.603. The summed E-state index contributed by atoms with van der Waals surface area (Å²) in [7, 11) is 0. The Kier molecular flexibility index (Phi) is 5.63. The van der Waals surface area contributed by atoms with E-state index in [1.165, 1.54) is 6.07 Å². The number of primary amides is 1. The monoisotopic (exact) mass is 380 g/mol. The fourth-order valence-corrected chi connectivity index (χ4v) is 3.59. The number of aromatic nitrogens is 1. The zero-order valence-electron chi connectivity index (χ0n) is 16.5. The molecule has 5 heteroatoms. The van der Waals surface area contributed by atoms with E-state index >= 15 is 0 Å². The predicted octanol–water partition coefficient (Wildman–Crippen LogP) is 4.72. The van der Waals surface area contributed by atoms with Crippen molar-refractivity contribution >= 4 is 22.6 Å². The van der Waals surface area contributed by atoms with E-state index in [-0.39, 0.29) is 24.1 Å². The summed E-state index contributed by atoms with van der Waals surface area (Å²) in [5.41, 5.74) is 8.64. The highest BCUT2D eigenvalue weighted by Gasteiger charge is 2.24. The molecule has 28 heavy (non-hydrogen) atoms. The van der Waals surface area contributed by atoms with Crippen molar-refractivity contribution in [3.63, 3.8) is 0 Å². The standard InChI is InChI=1S/C23H25FN2O2/c1-4-7-19-21(22(27)14(2)3)17-11-10-15(23(25)28)12-20(17)26(19)13-16-8-5-6-9-18(16)24/h5-6,8-12,14H,4,7,13H2,1-3H3,(H2,25,28). The number of carbonyl (C=O) groups excluding carboxylic acids is 2. The zero-order valence-corrected chi connectivity index (χ0v) is 16.5. The largest absolute Gasteiger partial charge is 0.366 e. The van der Waals surface area contributed by atoms with Crippen molar-refractivity contribution < 1.29 is 14.0 Å². The van der Waals surface area contributed by atoms with Gasteiger partial charge in [0.2, 0.25) is 5.91 Å². The molecule has 0 bridgehead atoms. The lowest BCUT2D eigenvalue weighted by Crippen LogP contribution is -2.13. The molecule has 0 saturated heterocycles. The molecule has 0 saturated carbocycles. The number of hydrogen-bond acceptors (Lipinski definition) is 2. The highest BCUT2D eigenvalue weighted by molar-refractivity contribution is 6.11. The number of amides is 1. The summed E-state index contributed by atoms with van der Waals surface area (Å²) in [6.45, 7) is 6.07. The maximum atomic E-state index is 14.3. The van der Waals surface area contributed by atoms with Crippen LogP contribution < -0.4 is 5.73 Å². The highest BCUT2D eigenvalue weighted by Crippen LogP contribution is 2.31. The second kappa shape index (κ2) is 7.97. The van der Waals surface area contributed by atoms with Gasteiger partial charge in [-0.05, 0) is 24.6 Å². The highest BCUT2D eigenvalue weighted by atomic mass is 19.1. The van der Waals surface area contributed by atoms with Gasteiger partial charge in [0.05, 0.1) is 12.1 Å². The smallest absolute Gasteiger partial charge is 0.248 e. The van der Waals surface area contributed by atoms with Gasteiger partial charge in [-0.15, -0.1) is 0 Å². The van der Waals surface area contributed by atoms with Crippen LogP contribution in [0.5, 0.6) is 0 Å². The topological polar surface area (TPSA) is 65.1 Å². The van der Waals surface area contributed by atoms with Crippen molar-refractivity contribution in [3.8, 4) is 0 Å². The number of nitrogens with zero attached hydrogens (tertiary/aromatic N) is 1. The van der Waals surface area contributed by atoms with E-state index in [1.807, 2.05) is 25.3 Å². The summed E-state index contributed by atoms with van der Waals surface area (Å²) >= 11 is 0. The molecular formula is C23H25FN2O2. The molecule has 0 atom stereocenters. The zero-order chi connectivity index (χ0) is 20.4. The van der Waals surface area contributed by atoms with E-state index in [4.69, 9.17) is 5.73 Å². The molecule has 3 aromatic rings. The molecule has 3 rings (SSSR count). The molecule has 0 aliphatic carbocycles. The molecule has 0 spiro atoms. The van der Waals surface area contributed by atoms with E-state index in [0.717, 1.165) is 23.0 Å². The minimum Gasteiger partial charge on any atom is -0.366 e. The predicted molar refractivity (Wildman–Crippen MR) is 109 cm³/mol. The first kappa shape index (κ1) is 19.8. The molecule has 0 aliphatic rings. The number of halogens is 1. The Hall–Kier alpha value is -2.95. The molecule has 0 unspecified atom stereocenters. The van der Waals surface area contributed by atoms with E-state index in [2.05, 4.69) is 0 Å². The molecule has 1 heterocycles. The van der Waals surface area contributed by atoms with Crippen molar-refractivity contribution in [2.24, 2.45) is 11.7 Å². The maximum Gasteiger partial charge on any atom is 0.248 e. The minimum atomic E-state index is -0.533. The molecule has 1 aromatic heterocycles. The van der Waals surface area contributed by atoms with Crippen LogP contribution in [-0.4, -0.2) is 16.3 Å². The lowest BCUT2D eigenvalue weighted by molar-refractivity contribution is 0.0939. The first-order chi connectivity index (χ1) is 13.3. The molecule has 2 aromatic carbocycles. The van der Waals surface area contributed by atoms with Crippen LogP contribution in [0.25, 0.3) is 10.9 Å². The van der Waals surface area contributed by atoms with Gasteiger partial charge in [0.25, 0.3) is 0 Å².